The molecule has 0 aromatic carbocycles. The van der Waals surface area contributed by atoms with Crippen LogP contribution in [0.25, 0.3) is 0 Å². The molecule has 6 nitrogen and oxygen atoms in total. The summed E-state index contributed by atoms with van der Waals surface area (Å²) in [4.78, 5) is 0.138. The molecule has 0 bridgehead atoms. The van der Waals surface area contributed by atoms with Crippen LogP contribution in [-0.2, 0) is 10.0 Å². The molecule has 1 saturated heterocycles. The Labute approximate surface area is 75.2 Å². The Balaban J connectivity index is 2.23. The van der Waals surface area contributed by atoms with Crippen molar-refractivity contribution in [1.82, 2.24) is 14.5 Å². The lowest BCUT2D eigenvalue weighted by molar-refractivity contribution is 0.0548. The topological polar surface area (TPSA) is 86.3 Å². The van der Waals surface area contributed by atoms with E-state index in [2.05, 4.69) is 10.2 Å². The molecule has 7 heteroatoms. The van der Waals surface area contributed by atoms with E-state index in [0.717, 1.165) is 0 Å². The normalized spacial score (nSPS) is 20.1. The number of β-amino-alcohol motifs (C(OH)–C–C–N with tert-alkyl or cyclic N) is 1. The van der Waals surface area contributed by atoms with Crippen molar-refractivity contribution in [3.8, 4) is 0 Å². The van der Waals surface area contributed by atoms with Crippen LogP contribution in [0.5, 0.6) is 0 Å². The summed E-state index contributed by atoms with van der Waals surface area (Å²) < 4.78 is 24.4. The fraction of sp³-hybridized carbons (Fsp3) is 0.500. The fourth-order valence-corrected chi connectivity index (χ4v) is 2.56. The van der Waals surface area contributed by atoms with Gasteiger partial charge in [-0.1, -0.05) is 0 Å². The molecule has 1 aliphatic rings. The van der Waals surface area contributed by atoms with Gasteiger partial charge in [-0.15, -0.1) is 0 Å². The van der Waals surface area contributed by atoms with Gasteiger partial charge in [0.05, 0.1) is 12.3 Å². The zero-order chi connectivity index (χ0) is 9.47. The summed E-state index contributed by atoms with van der Waals surface area (Å²) in [5.74, 6) is 0. The molecule has 2 N–H and O–H groups in total. The van der Waals surface area contributed by atoms with Crippen LogP contribution in [0.3, 0.4) is 0 Å². The Morgan fingerprint density at radius 1 is 1.62 bits per heavy atom. The van der Waals surface area contributed by atoms with Crippen molar-refractivity contribution in [2.24, 2.45) is 0 Å². The van der Waals surface area contributed by atoms with Crippen LogP contribution in [0.4, 0.5) is 0 Å². The van der Waals surface area contributed by atoms with E-state index in [1.165, 1.54) is 16.7 Å². The summed E-state index contributed by atoms with van der Waals surface area (Å²) in [6.45, 7) is 0.348. The molecule has 0 unspecified atom stereocenters. The second kappa shape index (κ2) is 2.79. The van der Waals surface area contributed by atoms with Crippen molar-refractivity contribution in [1.29, 1.82) is 0 Å². The Kier molecular flexibility index (Phi) is 1.86. The van der Waals surface area contributed by atoms with Gasteiger partial charge in [0.1, 0.15) is 4.90 Å². The maximum Gasteiger partial charge on any atom is 0.246 e. The van der Waals surface area contributed by atoms with Gasteiger partial charge in [0.2, 0.25) is 10.0 Å². The van der Waals surface area contributed by atoms with Crippen LogP contribution in [0, 0.1) is 0 Å². The number of aliphatic hydroxyl groups is 1. The van der Waals surface area contributed by atoms with Gasteiger partial charge in [0.15, 0.2) is 0 Å². The van der Waals surface area contributed by atoms with Gasteiger partial charge in [-0.05, 0) is 0 Å². The second-order valence-electron chi connectivity index (χ2n) is 2.91. The highest BCUT2D eigenvalue weighted by molar-refractivity contribution is 7.89. The molecule has 1 aromatic heterocycles. The van der Waals surface area contributed by atoms with E-state index >= 15 is 0 Å². The summed E-state index contributed by atoms with van der Waals surface area (Å²) in [6, 6.07) is 0. The van der Waals surface area contributed by atoms with Crippen LogP contribution in [0.15, 0.2) is 17.3 Å². The number of hydrogen-bond acceptors (Lipinski definition) is 4. The molecule has 0 amide bonds. The average molecular weight is 203 g/mol. The fourth-order valence-electron chi connectivity index (χ4n) is 1.14. The van der Waals surface area contributed by atoms with E-state index in [1.807, 2.05) is 0 Å². The first-order valence-electron chi connectivity index (χ1n) is 3.78. The molecule has 1 aromatic rings. The monoisotopic (exact) mass is 203 g/mol. The zero-order valence-corrected chi connectivity index (χ0v) is 7.53. The highest BCUT2D eigenvalue weighted by Crippen LogP contribution is 2.19. The molecule has 2 rings (SSSR count). The van der Waals surface area contributed by atoms with Crippen LogP contribution in [0.1, 0.15) is 0 Å². The van der Waals surface area contributed by atoms with Crippen molar-refractivity contribution in [3.63, 3.8) is 0 Å². The lowest BCUT2D eigenvalue weighted by Gasteiger charge is -2.34. The van der Waals surface area contributed by atoms with Crippen molar-refractivity contribution >= 4 is 10.0 Å². The van der Waals surface area contributed by atoms with Gasteiger partial charge in [-0.25, -0.2) is 8.42 Å². The third kappa shape index (κ3) is 1.34. The minimum absolute atomic E-state index is 0.138. The Morgan fingerprint density at radius 2 is 2.31 bits per heavy atom. The smallest absolute Gasteiger partial charge is 0.246 e. The van der Waals surface area contributed by atoms with E-state index in [1.54, 1.807) is 0 Å². The summed E-state index contributed by atoms with van der Waals surface area (Å²) in [7, 11) is -3.41. The highest BCUT2D eigenvalue weighted by Gasteiger charge is 2.35. The van der Waals surface area contributed by atoms with E-state index in [4.69, 9.17) is 5.11 Å². The minimum Gasteiger partial charge on any atom is -0.390 e. The van der Waals surface area contributed by atoms with Crippen molar-refractivity contribution in [3.05, 3.63) is 12.4 Å². The van der Waals surface area contributed by atoms with Crippen molar-refractivity contribution < 1.29 is 13.5 Å². The van der Waals surface area contributed by atoms with Gasteiger partial charge in [0, 0.05) is 19.3 Å². The molecule has 0 radical (unpaired) electrons. The summed E-state index contributed by atoms with van der Waals surface area (Å²) in [5, 5.41) is 14.9. The Hall–Kier alpha value is -0.920. The summed E-state index contributed by atoms with van der Waals surface area (Å²) in [6.07, 6.45) is 2.04. The third-order valence-corrected chi connectivity index (χ3v) is 3.74. The minimum atomic E-state index is -3.41. The molecule has 1 aliphatic heterocycles. The van der Waals surface area contributed by atoms with Gasteiger partial charge < -0.3 is 5.11 Å². The second-order valence-corrected chi connectivity index (χ2v) is 4.85. The Bertz CT molecular complexity index is 379. The number of aromatic amines is 1. The maximum absolute atomic E-state index is 11.6. The first kappa shape index (κ1) is 8.67. The molecule has 0 spiro atoms. The number of aliphatic hydroxyl groups excluding tert-OH is 1. The van der Waals surface area contributed by atoms with Crippen molar-refractivity contribution in [2.75, 3.05) is 13.1 Å². The highest BCUT2D eigenvalue weighted by atomic mass is 32.2. The third-order valence-electron chi connectivity index (χ3n) is 1.94. The molecule has 2 heterocycles. The molecule has 0 atom stereocenters. The van der Waals surface area contributed by atoms with E-state index in [0.29, 0.717) is 0 Å². The van der Waals surface area contributed by atoms with Crippen LogP contribution in [-0.4, -0.2) is 47.2 Å². The van der Waals surface area contributed by atoms with E-state index in [-0.39, 0.29) is 18.0 Å². The first-order chi connectivity index (χ1) is 6.10. The Morgan fingerprint density at radius 3 is 2.77 bits per heavy atom. The predicted molar refractivity (Wildman–Crippen MR) is 43.4 cm³/mol. The number of nitrogens with zero attached hydrogens (tertiary/aromatic N) is 2. The zero-order valence-electron chi connectivity index (χ0n) is 6.71. The summed E-state index contributed by atoms with van der Waals surface area (Å²) in [5.41, 5.74) is 0. The quantitative estimate of drug-likeness (QED) is 0.630. The maximum atomic E-state index is 11.6. The van der Waals surface area contributed by atoms with Gasteiger partial charge in [-0.3, -0.25) is 5.10 Å². The molecule has 13 heavy (non-hydrogen) atoms. The SMILES string of the molecule is O=S(=O)(c1cn[nH]c1)N1CC(O)C1. The average Bonchev–Trinajstić information content (AvgIpc) is 2.50. The van der Waals surface area contributed by atoms with Crippen LogP contribution >= 0.6 is 0 Å². The van der Waals surface area contributed by atoms with E-state index in [9.17, 15) is 8.42 Å². The lowest BCUT2D eigenvalue weighted by atomic mass is 10.2. The number of aromatic nitrogens is 2. The largest absolute Gasteiger partial charge is 0.390 e. The molecular weight excluding hydrogens is 194 g/mol. The van der Waals surface area contributed by atoms with Crippen LogP contribution < -0.4 is 0 Å². The van der Waals surface area contributed by atoms with Crippen LogP contribution in [0.2, 0.25) is 0 Å². The van der Waals surface area contributed by atoms with Gasteiger partial charge in [0.25, 0.3) is 0 Å². The lowest BCUT2D eigenvalue weighted by Crippen LogP contribution is -2.53. The number of sulfonamides is 1. The molecule has 72 valence electrons. The molecule has 0 aliphatic carbocycles. The van der Waals surface area contributed by atoms with E-state index < -0.39 is 16.1 Å². The standard InChI is InChI=1S/C6H9N3O3S/c10-5-3-9(4-5)13(11,12)6-1-7-8-2-6/h1-2,5,10H,3-4H2,(H,7,8). The number of rotatable bonds is 2. The molecular formula is C6H9N3O3S. The number of H-pyrrole nitrogens is 1. The summed E-state index contributed by atoms with van der Waals surface area (Å²) >= 11 is 0. The molecule has 0 saturated carbocycles. The molecule has 1 fully saturated rings. The first-order valence-corrected chi connectivity index (χ1v) is 5.22. The number of hydrogen-bond donors (Lipinski definition) is 2. The van der Waals surface area contributed by atoms with Gasteiger partial charge >= 0.3 is 0 Å². The van der Waals surface area contributed by atoms with Gasteiger partial charge in [-0.2, -0.15) is 9.40 Å². The predicted octanol–water partition coefficient (Wildman–Crippen LogP) is -1.23. The number of nitrogens with one attached hydrogen (secondary N) is 1. The van der Waals surface area contributed by atoms with Crippen molar-refractivity contribution in [2.45, 2.75) is 11.0 Å².